The predicted octanol–water partition coefficient (Wildman–Crippen LogP) is 4.20. The van der Waals surface area contributed by atoms with Crippen molar-refractivity contribution in [2.24, 2.45) is 29.6 Å². The molecule has 1 unspecified atom stereocenters. The summed E-state index contributed by atoms with van der Waals surface area (Å²) in [5, 5.41) is 9.90. The quantitative estimate of drug-likeness (QED) is 0.671. The first-order valence-electron chi connectivity index (χ1n) is 11.6. The van der Waals surface area contributed by atoms with Crippen molar-refractivity contribution < 1.29 is 25.5 Å². The van der Waals surface area contributed by atoms with Gasteiger partial charge < -0.3 is 14.6 Å². The van der Waals surface area contributed by atoms with Gasteiger partial charge in [-0.15, -0.1) is 0 Å². The number of cyclic esters (lactones) is 1. The molecule has 5 heteroatoms. The molecule has 3 aliphatic rings. The zero-order valence-corrected chi connectivity index (χ0v) is 18.1. The van der Waals surface area contributed by atoms with E-state index in [4.69, 9.17) is 10.8 Å². The van der Waals surface area contributed by atoms with Gasteiger partial charge in [-0.1, -0.05) is 45.9 Å². The Morgan fingerprint density at radius 2 is 2.14 bits per heavy atom. The fourth-order valence-electron chi connectivity index (χ4n) is 5.02. The third-order valence-corrected chi connectivity index (χ3v) is 6.79. The Morgan fingerprint density at radius 3 is 2.83 bits per heavy atom. The molecule has 8 atom stereocenters. The molecule has 162 valence electrons. The van der Waals surface area contributed by atoms with Crippen LogP contribution < -0.4 is 0 Å². The van der Waals surface area contributed by atoms with Crippen LogP contribution in [0.2, 0.25) is 0 Å². The lowest BCUT2D eigenvalue weighted by molar-refractivity contribution is -0.162. The topological polar surface area (TPSA) is 72.8 Å². The van der Waals surface area contributed by atoms with Gasteiger partial charge >= 0.3 is 11.9 Å². The molecule has 2 aliphatic carbocycles. The first-order valence-corrected chi connectivity index (χ1v) is 11.1. The molecule has 0 saturated carbocycles. The Bertz CT molecular complexity index is 712. The van der Waals surface area contributed by atoms with E-state index >= 15 is 0 Å². The van der Waals surface area contributed by atoms with Crippen LogP contribution in [-0.2, 0) is 19.1 Å². The first-order chi connectivity index (χ1) is 14.1. The summed E-state index contributed by atoms with van der Waals surface area (Å²) >= 11 is 0. The van der Waals surface area contributed by atoms with Crippen LogP contribution in [0, 0.1) is 29.6 Å². The molecular formula is C24H36O5. The average Bonchev–Trinajstić information content (AvgIpc) is 2.66. The number of hydrogen-bond donors (Lipinski definition) is 1. The highest BCUT2D eigenvalue weighted by Crippen LogP contribution is 2.45. The second kappa shape index (κ2) is 9.46. The summed E-state index contributed by atoms with van der Waals surface area (Å²) in [6.07, 6.45) is 8.77. The molecule has 0 spiro atoms. The highest BCUT2D eigenvalue weighted by atomic mass is 16.5. The molecule has 0 aromatic heterocycles. The number of rotatable bonds is 6. The van der Waals surface area contributed by atoms with E-state index in [9.17, 15) is 14.7 Å². The van der Waals surface area contributed by atoms with Crippen molar-refractivity contribution in [2.45, 2.75) is 84.5 Å². The fourth-order valence-corrected chi connectivity index (χ4v) is 5.02. The van der Waals surface area contributed by atoms with Crippen LogP contribution in [0.1, 0.15) is 67.6 Å². The maximum Gasteiger partial charge on any atom is 0.308 e. The lowest BCUT2D eigenvalue weighted by atomic mass is 9.65. The summed E-state index contributed by atoms with van der Waals surface area (Å²) in [6.45, 7) is 7.75. The average molecular weight is 406 g/mol. The highest BCUT2D eigenvalue weighted by molar-refractivity contribution is 5.72. The number of hydrogen-bond acceptors (Lipinski definition) is 5. The minimum Gasteiger partial charge on any atom is -0.462 e. The van der Waals surface area contributed by atoms with Crippen LogP contribution in [-0.4, -0.2) is 35.4 Å². The number of allylic oxidation sites excluding steroid dienone is 3. The smallest absolute Gasteiger partial charge is 0.308 e. The number of ether oxygens (including phenoxy) is 2. The van der Waals surface area contributed by atoms with Crippen molar-refractivity contribution in [3.05, 3.63) is 23.8 Å². The van der Waals surface area contributed by atoms with E-state index in [1.54, 1.807) is 6.92 Å². The number of carbonyl (C=O) groups excluding carboxylic acids is 2. The predicted molar refractivity (Wildman–Crippen MR) is 111 cm³/mol. The number of fused-ring (bicyclic) bond motifs is 1. The van der Waals surface area contributed by atoms with Crippen LogP contribution >= 0.6 is 0 Å². The van der Waals surface area contributed by atoms with Crippen molar-refractivity contribution in [1.82, 2.24) is 0 Å². The van der Waals surface area contributed by atoms with Gasteiger partial charge in [0.2, 0.25) is 0 Å². The Balaban J connectivity index is 1.76. The zero-order chi connectivity index (χ0) is 22.1. The van der Waals surface area contributed by atoms with Gasteiger partial charge in [-0.25, -0.2) is 0 Å². The molecule has 0 bridgehead atoms. The van der Waals surface area contributed by atoms with E-state index < -0.39 is 18.0 Å². The zero-order valence-electron chi connectivity index (χ0n) is 19.1. The molecule has 0 amide bonds. The van der Waals surface area contributed by atoms with Crippen molar-refractivity contribution in [3.63, 3.8) is 0 Å². The van der Waals surface area contributed by atoms with Gasteiger partial charge in [0, 0.05) is 13.7 Å². The summed E-state index contributed by atoms with van der Waals surface area (Å²) in [5.41, 5.74) is 1.21. The molecule has 0 aromatic rings. The Kier molecular flexibility index (Phi) is 6.74. The Hall–Kier alpha value is -1.62. The monoisotopic (exact) mass is 405 g/mol. The molecule has 1 heterocycles. The van der Waals surface area contributed by atoms with Gasteiger partial charge in [-0.3, -0.25) is 9.59 Å². The van der Waals surface area contributed by atoms with E-state index in [1.807, 2.05) is 6.92 Å². The van der Waals surface area contributed by atoms with E-state index in [0.717, 1.165) is 12.8 Å². The summed E-state index contributed by atoms with van der Waals surface area (Å²) in [7, 11) is 0. The maximum absolute atomic E-state index is 12.7. The minimum absolute atomic E-state index is 0.0772. The standard InChI is InChI=1S/C24H36O5/c1-5-15(3)24(27)29-21-11-14(2)10-17-7-6-16(4)20(23(17)21)9-8-19-12-18(25)13-22(26)28-19/h6-7,10,14-16,18-21,23,25H,5,8-9,11-13H2,1-4H3/t14-,15-,16-,18+,19?,20-,21-,23-/m0/s1/i15D. The second-order valence-electron chi connectivity index (χ2n) is 9.15. The number of aliphatic hydroxyl groups excluding tert-OH is 1. The fraction of sp³-hybridized carbons (Fsp3) is 0.750. The first kappa shape index (κ1) is 20.6. The lowest BCUT2D eigenvalue weighted by Gasteiger charge is -2.43. The van der Waals surface area contributed by atoms with Crippen LogP contribution in [0.3, 0.4) is 0 Å². The minimum atomic E-state index is -1.23. The summed E-state index contributed by atoms with van der Waals surface area (Å²) in [5.74, 6) is -1.06. The van der Waals surface area contributed by atoms with E-state index in [-0.39, 0.29) is 36.4 Å². The maximum atomic E-state index is 12.7. The number of esters is 2. The molecule has 1 N–H and O–H groups in total. The lowest BCUT2D eigenvalue weighted by Crippen LogP contribution is -2.42. The van der Waals surface area contributed by atoms with Gasteiger partial charge in [0.25, 0.3) is 0 Å². The molecule has 1 saturated heterocycles. The van der Waals surface area contributed by atoms with E-state index in [2.05, 4.69) is 32.1 Å². The van der Waals surface area contributed by atoms with Gasteiger partial charge in [0.15, 0.2) is 0 Å². The molecule has 1 aliphatic heterocycles. The number of aliphatic hydroxyl groups is 1. The van der Waals surface area contributed by atoms with E-state index in [0.29, 0.717) is 31.1 Å². The van der Waals surface area contributed by atoms with Crippen molar-refractivity contribution in [3.8, 4) is 0 Å². The largest absolute Gasteiger partial charge is 0.462 e. The Labute approximate surface area is 175 Å². The van der Waals surface area contributed by atoms with Crippen molar-refractivity contribution in [2.75, 3.05) is 0 Å². The SMILES string of the molecule is [2H][C@](C)(CC)C(=O)O[C@H]1C[C@@H](C)C=C2C=C[C@H](C)[C@H](CCC3C[C@@H](O)CC(=O)O3)[C@H]21. The van der Waals surface area contributed by atoms with Crippen LogP contribution in [0.15, 0.2) is 23.8 Å². The molecule has 0 aromatic carbocycles. The van der Waals surface area contributed by atoms with Crippen LogP contribution in [0.25, 0.3) is 0 Å². The third kappa shape index (κ3) is 5.30. The van der Waals surface area contributed by atoms with Gasteiger partial charge in [-0.05, 0) is 49.0 Å². The molecule has 5 nitrogen and oxygen atoms in total. The Morgan fingerprint density at radius 1 is 1.38 bits per heavy atom. The normalized spacial score (nSPS) is 39.5. The summed E-state index contributed by atoms with van der Waals surface area (Å²) in [6, 6.07) is 0. The van der Waals surface area contributed by atoms with Crippen molar-refractivity contribution >= 4 is 11.9 Å². The van der Waals surface area contributed by atoms with Crippen molar-refractivity contribution in [1.29, 1.82) is 0 Å². The molecule has 0 radical (unpaired) electrons. The van der Waals surface area contributed by atoms with Gasteiger partial charge in [-0.2, -0.15) is 0 Å². The molecule has 3 rings (SSSR count). The summed E-state index contributed by atoms with van der Waals surface area (Å²) in [4.78, 5) is 24.4. The molecule has 1 fully saturated rings. The van der Waals surface area contributed by atoms with Gasteiger partial charge in [0.1, 0.15) is 12.2 Å². The van der Waals surface area contributed by atoms with Crippen LogP contribution in [0.5, 0.6) is 0 Å². The third-order valence-electron chi connectivity index (χ3n) is 6.79. The summed E-state index contributed by atoms with van der Waals surface area (Å²) < 4.78 is 19.7. The molecule has 29 heavy (non-hydrogen) atoms. The highest BCUT2D eigenvalue weighted by Gasteiger charge is 2.42. The second-order valence-corrected chi connectivity index (χ2v) is 9.15. The van der Waals surface area contributed by atoms with Crippen LogP contribution in [0.4, 0.5) is 0 Å². The van der Waals surface area contributed by atoms with Gasteiger partial charge in [0.05, 0.1) is 18.4 Å². The molecular weight excluding hydrogens is 368 g/mol. The number of carbonyl (C=O) groups is 2. The van der Waals surface area contributed by atoms with E-state index in [1.165, 1.54) is 5.57 Å².